The van der Waals surface area contributed by atoms with Crippen molar-refractivity contribution >= 4 is 17.2 Å². The van der Waals surface area contributed by atoms with Crippen LogP contribution in [0.15, 0.2) is 18.2 Å². The number of benzene rings is 1. The van der Waals surface area contributed by atoms with Crippen LogP contribution in [0.4, 0.5) is 11.4 Å². The molecule has 1 heterocycles. The van der Waals surface area contributed by atoms with Crippen LogP contribution in [0.25, 0.3) is 0 Å². The van der Waals surface area contributed by atoms with Crippen LogP contribution in [0.5, 0.6) is 0 Å². The molecule has 19 heavy (non-hydrogen) atoms. The number of anilines is 1. The molecule has 0 unspecified atom stereocenters. The van der Waals surface area contributed by atoms with E-state index in [4.69, 9.17) is 0 Å². The van der Waals surface area contributed by atoms with Crippen molar-refractivity contribution in [3.8, 4) is 0 Å². The van der Waals surface area contributed by atoms with Crippen LogP contribution < -0.4 is 4.90 Å². The van der Waals surface area contributed by atoms with E-state index in [9.17, 15) is 14.9 Å². The summed E-state index contributed by atoms with van der Waals surface area (Å²) >= 11 is 0. The van der Waals surface area contributed by atoms with Crippen molar-refractivity contribution in [3.63, 3.8) is 0 Å². The molecule has 0 atom stereocenters. The topological polar surface area (TPSA) is 63.5 Å². The first-order valence-corrected chi connectivity index (χ1v) is 6.49. The Hall–Kier alpha value is -1.91. The second kappa shape index (κ2) is 5.38. The summed E-state index contributed by atoms with van der Waals surface area (Å²) in [7, 11) is 0. The smallest absolute Gasteiger partial charge is 0.292 e. The van der Waals surface area contributed by atoms with Gasteiger partial charge in [0.1, 0.15) is 11.5 Å². The van der Waals surface area contributed by atoms with E-state index in [2.05, 4.69) is 0 Å². The molecule has 1 aliphatic rings. The molecule has 0 N–H and O–H groups in total. The van der Waals surface area contributed by atoms with E-state index in [-0.39, 0.29) is 22.3 Å². The first kappa shape index (κ1) is 13.5. The molecule has 0 radical (unpaired) electrons. The Balaban J connectivity index is 2.21. The molecule has 1 saturated heterocycles. The van der Waals surface area contributed by atoms with Crippen molar-refractivity contribution < 1.29 is 9.72 Å². The third-order valence-electron chi connectivity index (χ3n) is 3.74. The monoisotopic (exact) mass is 262 g/mol. The van der Waals surface area contributed by atoms with E-state index in [0.717, 1.165) is 18.4 Å². The van der Waals surface area contributed by atoms with E-state index in [0.29, 0.717) is 18.8 Å². The third-order valence-corrected chi connectivity index (χ3v) is 3.74. The summed E-state index contributed by atoms with van der Waals surface area (Å²) in [5.74, 6) is 0.332. The van der Waals surface area contributed by atoms with Gasteiger partial charge in [0.2, 0.25) is 0 Å². The molecule has 0 saturated carbocycles. The van der Waals surface area contributed by atoms with Crippen LogP contribution in [0.2, 0.25) is 0 Å². The van der Waals surface area contributed by atoms with Gasteiger partial charge in [-0.25, -0.2) is 0 Å². The van der Waals surface area contributed by atoms with Gasteiger partial charge in [-0.2, -0.15) is 0 Å². The lowest BCUT2D eigenvalue weighted by molar-refractivity contribution is -0.384. The quantitative estimate of drug-likeness (QED) is 0.620. The Bertz CT molecular complexity index is 505. The number of carbonyl (C=O) groups excluding carboxylic acids is 1. The predicted octanol–water partition coefficient (Wildman–Crippen LogP) is 2.71. The van der Waals surface area contributed by atoms with Crippen molar-refractivity contribution in [1.29, 1.82) is 0 Å². The fourth-order valence-corrected chi connectivity index (χ4v) is 2.57. The van der Waals surface area contributed by atoms with E-state index in [1.165, 1.54) is 0 Å². The Labute approximate surface area is 112 Å². The normalized spacial score (nSPS) is 16.4. The molecular formula is C14H18N2O3. The Morgan fingerprint density at radius 1 is 1.37 bits per heavy atom. The summed E-state index contributed by atoms with van der Waals surface area (Å²) in [6.45, 7) is 4.95. The summed E-state index contributed by atoms with van der Waals surface area (Å²) < 4.78 is 0. The maximum absolute atomic E-state index is 11.3. The standard InChI is InChI=1S/C14H18N2O3/c1-10-3-4-13(16(18)19)14(9-10)15-7-5-12(6-8-15)11(2)17/h3-4,9,12H,5-8H2,1-2H3. The maximum atomic E-state index is 11.3. The zero-order valence-corrected chi connectivity index (χ0v) is 11.3. The van der Waals surface area contributed by atoms with Crippen molar-refractivity contribution in [2.45, 2.75) is 26.7 Å². The summed E-state index contributed by atoms with van der Waals surface area (Å²) in [4.78, 5) is 24.1. The lowest BCUT2D eigenvalue weighted by Gasteiger charge is -2.32. The van der Waals surface area contributed by atoms with Gasteiger partial charge < -0.3 is 4.90 Å². The fourth-order valence-electron chi connectivity index (χ4n) is 2.57. The van der Waals surface area contributed by atoms with E-state index < -0.39 is 0 Å². The van der Waals surface area contributed by atoms with Crippen LogP contribution in [0.3, 0.4) is 0 Å². The van der Waals surface area contributed by atoms with Crippen molar-refractivity contribution in [1.82, 2.24) is 0 Å². The Kier molecular flexibility index (Phi) is 3.83. The van der Waals surface area contributed by atoms with Gasteiger partial charge in [0.25, 0.3) is 5.69 Å². The Morgan fingerprint density at radius 2 is 2.00 bits per heavy atom. The van der Waals surface area contributed by atoms with Gasteiger partial charge >= 0.3 is 0 Å². The van der Waals surface area contributed by atoms with Gasteiger partial charge in [-0.15, -0.1) is 0 Å². The number of piperidine rings is 1. The second-order valence-electron chi connectivity index (χ2n) is 5.12. The molecule has 0 bridgehead atoms. The molecule has 0 spiro atoms. The molecule has 102 valence electrons. The zero-order valence-electron chi connectivity index (χ0n) is 11.3. The largest absolute Gasteiger partial charge is 0.366 e. The number of aryl methyl sites for hydroxylation is 1. The molecule has 1 fully saturated rings. The highest BCUT2D eigenvalue weighted by Crippen LogP contribution is 2.32. The van der Waals surface area contributed by atoms with E-state index in [1.54, 1.807) is 19.1 Å². The van der Waals surface area contributed by atoms with Gasteiger partial charge in [0.15, 0.2) is 0 Å². The number of hydrogen-bond donors (Lipinski definition) is 0. The summed E-state index contributed by atoms with van der Waals surface area (Å²) in [5.41, 5.74) is 1.83. The first-order chi connectivity index (χ1) is 8.99. The lowest BCUT2D eigenvalue weighted by atomic mass is 9.93. The van der Waals surface area contributed by atoms with Gasteiger partial charge in [-0.1, -0.05) is 6.07 Å². The number of nitrogens with zero attached hydrogens (tertiary/aromatic N) is 2. The molecule has 1 aromatic rings. The highest BCUT2D eigenvalue weighted by Gasteiger charge is 2.26. The number of nitro benzene ring substituents is 1. The molecule has 5 heteroatoms. The van der Waals surface area contributed by atoms with Crippen LogP contribution in [-0.4, -0.2) is 23.8 Å². The number of carbonyl (C=O) groups is 1. The molecular weight excluding hydrogens is 244 g/mol. The number of hydrogen-bond acceptors (Lipinski definition) is 4. The molecule has 0 amide bonds. The van der Waals surface area contributed by atoms with Crippen LogP contribution in [0.1, 0.15) is 25.3 Å². The molecule has 2 rings (SSSR count). The minimum absolute atomic E-state index is 0.111. The van der Waals surface area contributed by atoms with Crippen LogP contribution >= 0.6 is 0 Å². The highest BCUT2D eigenvalue weighted by atomic mass is 16.6. The van der Waals surface area contributed by atoms with Crippen LogP contribution in [-0.2, 0) is 4.79 Å². The first-order valence-electron chi connectivity index (χ1n) is 6.49. The second-order valence-corrected chi connectivity index (χ2v) is 5.12. The number of nitro groups is 1. The van der Waals surface area contributed by atoms with Crippen molar-refractivity contribution in [2.24, 2.45) is 5.92 Å². The van der Waals surface area contributed by atoms with Crippen LogP contribution in [0, 0.1) is 23.0 Å². The summed E-state index contributed by atoms with van der Waals surface area (Å²) in [5, 5.41) is 11.1. The third kappa shape index (κ3) is 2.92. The SMILES string of the molecule is CC(=O)C1CCN(c2cc(C)ccc2[N+](=O)[O-])CC1. The van der Waals surface area contributed by atoms with Gasteiger partial charge in [0.05, 0.1) is 4.92 Å². The van der Waals surface area contributed by atoms with Gasteiger partial charge in [-0.3, -0.25) is 14.9 Å². The highest BCUT2D eigenvalue weighted by molar-refractivity contribution is 5.78. The predicted molar refractivity (Wildman–Crippen MR) is 73.5 cm³/mol. The zero-order chi connectivity index (χ0) is 14.0. The Morgan fingerprint density at radius 3 is 2.53 bits per heavy atom. The molecule has 0 aliphatic carbocycles. The van der Waals surface area contributed by atoms with Gasteiger partial charge in [-0.05, 0) is 38.3 Å². The van der Waals surface area contributed by atoms with E-state index >= 15 is 0 Å². The maximum Gasteiger partial charge on any atom is 0.292 e. The van der Waals surface area contributed by atoms with Gasteiger partial charge in [0, 0.05) is 25.1 Å². The minimum atomic E-state index is -0.341. The average Bonchev–Trinajstić information content (AvgIpc) is 2.38. The molecule has 0 aromatic heterocycles. The molecule has 1 aliphatic heterocycles. The minimum Gasteiger partial charge on any atom is -0.366 e. The fraction of sp³-hybridized carbons (Fsp3) is 0.500. The van der Waals surface area contributed by atoms with E-state index in [1.807, 2.05) is 17.9 Å². The number of ketones is 1. The number of Topliss-reactive ketones (excluding diaryl/α,β-unsaturated/α-hetero) is 1. The summed E-state index contributed by atoms with van der Waals surface area (Å²) in [6.07, 6.45) is 1.56. The van der Waals surface area contributed by atoms with Crippen molar-refractivity contribution in [3.05, 3.63) is 33.9 Å². The molecule has 5 nitrogen and oxygen atoms in total. The van der Waals surface area contributed by atoms with Crippen molar-refractivity contribution in [2.75, 3.05) is 18.0 Å². The lowest BCUT2D eigenvalue weighted by Crippen LogP contribution is -2.36. The molecule has 1 aromatic carbocycles. The summed E-state index contributed by atoms with van der Waals surface area (Å²) in [6, 6.07) is 5.16. The average molecular weight is 262 g/mol. The number of rotatable bonds is 3.